The van der Waals surface area contributed by atoms with Crippen LogP contribution in [0.3, 0.4) is 0 Å². The topological polar surface area (TPSA) is 82.1 Å². The highest BCUT2D eigenvalue weighted by molar-refractivity contribution is 6.14. The quantitative estimate of drug-likeness (QED) is 0.554. The van der Waals surface area contributed by atoms with Crippen LogP contribution in [0.4, 0.5) is 0 Å². The van der Waals surface area contributed by atoms with Crippen LogP contribution in [0.5, 0.6) is 17.2 Å². The summed E-state index contributed by atoms with van der Waals surface area (Å²) in [7, 11) is 3.00. The van der Waals surface area contributed by atoms with Crippen molar-refractivity contribution < 1.29 is 28.9 Å². The van der Waals surface area contributed by atoms with Crippen molar-refractivity contribution in [3.05, 3.63) is 88.5 Å². The van der Waals surface area contributed by atoms with Gasteiger partial charge in [-0.15, -0.1) is 0 Å². The molecule has 0 bridgehead atoms. The standard InChI is InChI=1S/C24H22O6/c1-15-21(28-2)11-17(12-22(15)29-3)23(25)19-10-9-18(13-20(19)24(26)27)30-14-16-7-5-4-6-8-16/h4-13H,14H2,1-3H3,(H,26,27). The van der Waals surface area contributed by atoms with Gasteiger partial charge in [-0.05, 0) is 42.8 Å². The van der Waals surface area contributed by atoms with E-state index in [1.807, 2.05) is 37.3 Å². The highest BCUT2D eigenvalue weighted by atomic mass is 16.5. The number of methoxy groups -OCH3 is 2. The number of rotatable bonds is 8. The van der Waals surface area contributed by atoms with Crippen LogP contribution in [-0.4, -0.2) is 31.1 Å². The van der Waals surface area contributed by atoms with Gasteiger partial charge in [-0.3, -0.25) is 4.79 Å². The minimum Gasteiger partial charge on any atom is -0.496 e. The minimum absolute atomic E-state index is 0.0579. The third kappa shape index (κ3) is 4.43. The molecule has 0 aromatic heterocycles. The first-order valence-electron chi connectivity index (χ1n) is 9.26. The van der Waals surface area contributed by atoms with Crippen molar-refractivity contribution in [1.82, 2.24) is 0 Å². The van der Waals surface area contributed by atoms with Gasteiger partial charge in [-0.2, -0.15) is 0 Å². The van der Waals surface area contributed by atoms with E-state index < -0.39 is 11.8 Å². The van der Waals surface area contributed by atoms with Gasteiger partial charge in [-0.1, -0.05) is 30.3 Å². The predicted molar refractivity (Wildman–Crippen MR) is 112 cm³/mol. The molecule has 0 fully saturated rings. The van der Waals surface area contributed by atoms with E-state index in [1.165, 1.54) is 26.4 Å². The molecule has 0 heterocycles. The van der Waals surface area contributed by atoms with Gasteiger partial charge < -0.3 is 19.3 Å². The highest BCUT2D eigenvalue weighted by Crippen LogP contribution is 2.31. The smallest absolute Gasteiger partial charge is 0.336 e. The Labute approximate surface area is 174 Å². The van der Waals surface area contributed by atoms with Crippen LogP contribution < -0.4 is 14.2 Å². The van der Waals surface area contributed by atoms with E-state index in [0.29, 0.717) is 23.9 Å². The molecule has 1 N–H and O–H groups in total. The van der Waals surface area contributed by atoms with Gasteiger partial charge in [0.05, 0.1) is 19.8 Å². The van der Waals surface area contributed by atoms with Crippen LogP contribution in [0, 0.1) is 6.92 Å². The normalized spacial score (nSPS) is 10.4. The molecular formula is C24H22O6. The molecule has 6 nitrogen and oxygen atoms in total. The van der Waals surface area contributed by atoms with Crippen molar-refractivity contribution in [1.29, 1.82) is 0 Å². The number of carboxylic acids is 1. The molecule has 6 heteroatoms. The van der Waals surface area contributed by atoms with Gasteiger partial charge in [0.15, 0.2) is 5.78 Å². The summed E-state index contributed by atoms with van der Waals surface area (Å²) in [6, 6.07) is 17.1. The maximum Gasteiger partial charge on any atom is 0.336 e. The second kappa shape index (κ2) is 9.13. The first-order valence-corrected chi connectivity index (χ1v) is 9.26. The number of hydrogen-bond acceptors (Lipinski definition) is 5. The number of carbonyl (C=O) groups is 2. The van der Waals surface area contributed by atoms with Gasteiger partial charge >= 0.3 is 5.97 Å². The molecule has 0 aliphatic carbocycles. The molecule has 3 aromatic carbocycles. The van der Waals surface area contributed by atoms with Gasteiger partial charge in [-0.25, -0.2) is 4.79 Å². The van der Waals surface area contributed by atoms with Crippen LogP contribution in [0.15, 0.2) is 60.7 Å². The van der Waals surface area contributed by atoms with E-state index in [4.69, 9.17) is 14.2 Å². The summed E-state index contributed by atoms with van der Waals surface area (Å²) in [5.41, 5.74) is 1.90. The van der Waals surface area contributed by atoms with Crippen LogP contribution >= 0.6 is 0 Å². The van der Waals surface area contributed by atoms with E-state index in [0.717, 1.165) is 11.1 Å². The molecule has 30 heavy (non-hydrogen) atoms. The largest absolute Gasteiger partial charge is 0.496 e. The van der Waals surface area contributed by atoms with E-state index in [2.05, 4.69) is 0 Å². The Balaban J connectivity index is 1.93. The average Bonchev–Trinajstić information content (AvgIpc) is 2.77. The highest BCUT2D eigenvalue weighted by Gasteiger charge is 2.21. The summed E-state index contributed by atoms with van der Waals surface area (Å²) in [4.78, 5) is 24.9. The number of aromatic carboxylic acids is 1. The fraction of sp³-hybridized carbons (Fsp3) is 0.167. The molecule has 3 aromatic rings. The molecule has 0 saturated heterocycles. The summed E-state index contributed by atoms with van der Waals surface area (Å²) in [5, 5.41) is 9.66. The zero-order valence-corrected chi connectivity index (χ0v) is 17.0. The number of ether oxygens (including phenoxy) is 3. The Kier molecular flexibility index (Phi) is 6.37. The van der Waals surface area contributed by atoms with E-state index >= 15 is 0 Å². The molecule has 0 spiro atoms. The lowest BCUT2D eigenvalue weighted by Crippen LogP contribution is -2.11. The summed E-state index contributed by atoms with van der Waals surface area (Å²) in [6.45, 7) is 2.10. The van der Waals surface area contributed by atoms with E-state index in [-0.39, 0.29) is 16.7 Å². The Hall–Kier alpha value is -3.80. The number of hydrogen-bond donors (Lipinski definition) is 1. The van der Waals surface area contributed by atoms with Crippen molar-refractivity contribution in [2.45, 2.75) is 13.5 Å². The minimum atomic E-state index is -1.21. The van der Waals surface area contributed by atoms with Crippen LogP contribution in [0.25, 0.3) is 0 Å². The van der Waals surface area contributed by atoms with Crippen LogP contribution in [0.1, 0.15) is 37.4 Å². The second-order valence-electron chi connectivity index (χ2n) is 6.62. The lowest BCUT2D eigenvalue weighted by atomic mass is 9.96. The molecule has 3 rings (SSSR count). The molecule has 154 valence electrons. The second-order valence-corrected chi connectivity index (χ2v) is 6.62. The van der Waals surface area contributed by atoms with Gasteiger partial charge in [0, 0.05) is 16.7 Å². The first kappa shape index (κ1) is 20.9. The molecule has 0 aliphatic rings. The molecule has 0 saturated carbocycles. The molecular weight excluding hydrogens is 384 g/mol. The van der Waals surface area contributed by atoms with Crippen LogP contribution in [0.2, 0.25) is 0 Å². The van der Waals surface area contributed by atoms with E-state index in [1.54, 1.807) is 18.2 Å². The Morgan fingerprint density at radius 3 is 2.07 bits per heavy atom. The monoisotopic (exact) mass is 406 g/mol. The lowest BCUT2D eigenvalue weighted by molar-refractivity contribution is 0.0692. The van der Waals surface area contributed by atoms with Crippen molar-refractivity contribution in [2.75, 3.05) is 14.2 Å². The fourth-order valence-corrected chi connectivity index (χ4v) is 3.10. The number of carbonyl (C=O) groups excluding carboxylic acids is 1. The fourth-order valence-electron chi connectivity index (χ4n) is 3.10. The molecule has 0 amide bonds. The summed E-state index contributed by atoms with van der Waals surface area (Å²) >= 11 is 0. The lowest BCUT2D eigenvalue weighted by Gasteiger charge is -2.13. The summed E-state index contributed by atoms with van der Waals surface area (Å²) in [5.74, 6) is -0.324. The third-order valence-corrected chi connectivity index (χ3v) is 4.73. The van der Waals surface area contributed by atoms with Crippen molar-refractivity contribution >= 4 is 11.8 Å². The number of benzene rings is 3. The van der Waals surface area contributed by atoms with Gasteiger partial charge in [0.25, 0.3) is 0 Å². The zero-order valence-electron chi connectivity index (χ0n) is 17.0. The zero-order chi connectivity index (χ0) is 21.7. The first-order chi connectivity index (χ1) is 14.4. The van der Waals surface area contributed by atoms with Gasteiger partial charge in [0.2, 0.25) is 0 Å². The van der Waals surface area contributed by atoms with Crippen molar-refractivity contribution in [3.8, 4) is 17.2 Å². The van der Waals surface area contributed by atoms with E-state index in [9.17, 15) is 14.7 Å². The predicted octanol–water partition coefficient (Wildman–Crippen LogP) is 4.52. The maximum absolute atomic E-state index is 13.1. The van der Waals surface area contributed by atoms with Crippen LogP contribution in [-0.2, 0) is 6.61 Å². The molecule has 0 aliphatic heterocycles. The molecule has 0 radical (unpaired) electrons. The number of ketones is 1. The average molecular weight is 406 g/mol. The Morgan fingerprint density at radius 2 is 1.50 bits per heavy atom. The molecule has 0 unspecified atom stereocenters. The Morgan fingerprint density at radius 1 is 0.867 bits per heavy atom. The summed E-state index contributed by atoms with van der Waals surface area (Å²) in [6.07, 6.45) is 0. The third-order valence-electron chi connectivity index (χ3n) is 4.73. The summed E-state index contributed by atoms with van der Waals surface area (Å²) < 4.78 is 16.3. The maximum atomic E-state index is 13.1. The molecule has 0 atom stereocenters. The van der Waals surface area contributed by atoms with Gasteiger partial charge in [0.1, 0.15) is 23.9 Å². The number of carboxylic acid groups (broad SMARTS) is 1. The van der Waals surface area contributed by atoms with Crippen molar-refractivity contribution in [3.63, 3.8) is 0 Å². The Bertz CT molecular complexity index is 1050. The SMILES string of the molecule is COc1cc(C(=O)c2ccc(OCc3ccccc3)cc2C(=O)O)cc(OC)c1C. The van der Waals surface area contributed by atoms with Crippen molar-refractivity contribution in [2.24, 2.45) is 0 Å².